The van der Waals surface area contributed by atoms with E-state index >= 15 is 0 Å². The number of rotatable bonds is 4. The Balaban J connectivity index is 1.55. The summed E-state index contributed by atoms with van der Waals surface area (Å²) in [7, 11) is 0. The Hall–Kier alpha value is -3.00. The van der Waals surface area contributed by atoms with Gasteiger partial charge in [-0.05, 0) is 61.4 Å². The van der Waals surface area contributed by atoms with E-state index in [1.54, 1.807) is 12.1 Å². The van der Waals surface area contributed by atoms with Crippen molar-refractivity contribution in [1.82, 2.24) is 30.0 Å². The minimum atomic E-state index is -0.391. The van der Waals surface area contributed by atoms with E-state index in [-0.39, 0.29) is 5.91 Å². The predicted molar refractivity (Wildman–Crippen MR) is 108 cm³/mol. The van der Waals surface area contributed by atoms with Crippen LogP contribution in [0.5, 0.6) is 0 Å². The summed E-state index contributed by atoms with van der Waals surface area (Å²) in [5, 5.41) is 12.7. The number of hydrogen-bond acceptors (Lipinski definition) is 6. The molecule has 8 nitrogen and oxygen atoms in total. The molecule has 1 aromatic carbocycles. The van der Waals surface area contributed by atoms with Gasteiger partial charge in [-0.2, -0.15) is 4.68 Å². The molecule has 0 radical (unpaired) electrons. The van der Waals surface area contributed by atoms with Crippen LogP contribution in [0.4, 0.5) is 0 Å². The Bertz CT molecular complexity index is 980. The topological polar surface area (TPSA) is 80.3 Å². The first-order valence-electron chi connectivity index (χ1n) is 9.83. The predicted octanol–water partition coefficient (Wildman–Crippen LogP) is 2.57. The van der Waals surface area contributed by atoms with Gasteiger partial charge in [-0.15, -0.1) is 5.10 Å². The van der Waals surface area contributed by atoms with E-state index in [9.17, 15) is 4.79 Å². The molecule has 1 saturated heterocycles. The fourth-order valence-electron chi connectivity index (χ4n) is 4.03. The second kappa shape index (κ2) is 7.44. The van der Waals surface area contributed by atoms with Crippen LogP contribution in [-0.4, -0.2) is 62.1 Å². The highest BCUT2D eigenvalue weighted by atomic mass is 16.3. The third-order valence-electron chi connectivity index (χ3n) is 5.76. The van der Waals surface area contributed by atoms with Crippen molar-refractivity contribution in [3.8, 4) is 5.69 Å². The summed E-state index contributed by atoms with van der Waals surface area (Å²) in [6.45, 7) is 11.1. The van der Waals surface area contributed by atoms with Crippen LogP contribution in [0.1, 0.15) is 41.4 Å². The van der Waals surface area contributed by atoms with E-state index < -0.39 is 5.54 Å². The van der Waals surface area contributed by atoms with E-state index in [0.717, 1.165) is 35.7 Å². The van der Waals surface area contributed by atoms with E-state index in [0.29, 0.717) is 18.8 Å². The molecule has 1 aliphatic heterocycles. The number of hydrogen-bond donors (Lipinski definition) is 0. The number of amides is 1. The summed E-state index contributed by atoms with van der Waals surface area (Å²) >= 11 is 0. The molecule has 0 saturated carbocycles. The summed E-state index contributed by atoms with van der Waals surface area (Å²) in [5.41, 5.74) is 2.89. The lowest BCUT2D eigenvalue weighted by atomic mass is 9.99. The van der Waals surface area contributed by atoms with Crippen molar-refractivity contribution in [1.29, 1.82) is 0 Å². The zero-order valence-electron chi connectivity index (χ0n) is 17.3. The van der Waals surface area contributed by atoms with Gasteiger partial charge in [-0.3, -0.25) is 9.69 Å². The van der Waals surface area contributed by atoms with Crippen molar-refractivity contribution < 1.29 is 9.21 Å². The van der Waals surface area contributed by atoms with Gasteiger partial charge < -0.3 is 9.32 Å². The summed E-state index contributed by atoms with van der Waals surface area (Å²) in [6, 6.07) is 9.62. The molecule has 1 amide bonds. The van der Waals surface area contributed by atoms with Crippen molar-refractivity contribution in [3.63, 3.8) is 0 Å². The number of piperazine rings is 1. The summed E-state index contributed by atoms with van der Waals surface area (Å²) in [6.07, 6.45) is 1.53. The molecule has 0 bridgehead atoms. The van der Waals surface area contributed by atoms with Gasteiger partial charge in [0.15, 0.2) is 11.6 Å². The Morgan fingerprint density at radius 2 is 1.72 bits per heavy atom. The van der Waals surface area contributed by atoms with Crippen LogP contribution < -0.4 is 0 Å². The number of aromatic nitrogens is 4. The van der Waals surface area contributed by atoms with Crippen LogP contribution in [0.25, 0.3) is 5.69 Å². The number of carbonyl (C=O) groups is 1. The Labute approximate surface area is 170 Å². The zero-order chi connectivity index (χ0) is 20.6. The third kappa shape index (κ3) is 3.44. The summed E-state index contributed by atoms with van der Waals surface area (Å²) in [4.78, 5) is 16.7. The molecule has 1 fully saturated rings. The van der Waals surface area contributed by atoms with Crippen molar-refractivity contribution >= 4 is 5.91 Å². The van der Waals surface area contributed by atoms with E-state index in [1.807, 2.05) is 15.6 Å². The fraction of sp³-hybridized carbons (Fsp3) is 0.429. The van der Waals surface area contributed by atoms with Gasteiger partial charge in [0.05, 0.1) is 17.5 Å². The normalized spacial score (nSPS) is 15.7. The van der Waals surface area contributed by atoms with Crippen LogP contribution in [0.3, 0.4) is 0 Å². The zero-order valence-corrected chi connectivity index (χ0v) is 17.3. The van der Waals surface area contributed by atoms with Crippen LogP contribution in [0.2, 0.25) is 0 Å². The molecule has 152 valence electrons. The molecule has 3 aromatic rings. The quantitative estimate of drug-likeness (QED) is 0.677. The van der Waals surface area contributed by atoms with Crippen molar-refractivity contribution in [2.75, 3.05) is 26.2 Å². The molecular formula is C21H26N6O2. The number of furan rings is 1. The first-order chi connectivity index (χ1) is 13.9. The average Bonchev–Trinajstić information content (AvgIpc) is 3.40. The van der Waals surface area contributed by atoms with Gasteiger partial charge in [0.1, 0.15) is 0 Å². The molecule has 4 rings (SSSR count). The molecule has 3 heterocycles. The minimum absolute atomic E-state index is 0.0622. The maximum Gasteiger partial charge on any atom is 0.289 e. The molecule has 0 spiro atoms. The first-order valence-corrected chi connectivity index (χ1v) is 9.83. The molecular weight excluding hydrogens is 368 g/mol. The van der Waals surface area contributed by atoms with E-state index in [1.165, 1.54) is 6.26 Å². The maximum atomic E-state index is 12.5. The van der Waals surface area contributed by atoms with Crippen LogP contribution >= 0.6 is 0 Å². The summed E-state index contributed by atoms with van der Waals surface area (Å²) in [5.74, 6) is 1.12. The van der Waals surface area contributed by atoms with Crippen molar-refractivity contribution in [2.45, 2.75) is 33.2 Å². The molecule has 0 atom stereocenters. The van der Waals surface area contributed by atoms with Gasteiger partial charge in [-0.25, -0.2) is 0 Å². The molecule has 29 heavy (non-hydrogen) atoms. The number of aryl methyl sites for hydroxylation is 2. The van der Waals surface area contributed by atoms with Gasteiger partial charge in [0, 0.05) is 26.2 Å². The number of nitrogens with zero attached hydrogens (tertiary/aromatic N) is 6. The highest BCUT2D eigenvalue weighted by molar-refractivity contribution is 5.91. The number of para-hydroxylation sites is 1. The van der Waals surface area contributed by atoms with Gasteiger partial charge in [0.25, 0.3) is 5.91 Å². The molecule has 0 aliphatic carbocycles. The standard InChI is InChI=1S/C21H26N6O2/c1-15-7-5-8-16(2)18(15)27-20(22-23-24-27)21(3,4)26-12-10-25(11-13-26)19(28)17-9-6-14-29-17/h5-9,14H,10-13H2,1-4H3. The molecule has 2 aromatic heterocycles. The van der Waals surface area contributed by atoms with Gasteiger partial charge >= 0.3 is 0 Å². The molecule has 0 N–H and O–H groups in total. The summed E-state index contributed by atoms with van der Waals surface area (Å²) < 4.78 is 7.11. The van der Waals surface area contributed by atoms with Gasteiger partial charge in [-0.1, -0.05) is 18.2 Å². The lowest BCUT2D eigenvalue weighted by Crippen LogP contribution is -2.55. The lowest BCUT2D eigenvalue weighted by molar-refractivity contribution is 0.0337. The maximum absolute atomic E-state index is 12.5. The molecule has 8 heteroatoms. The Kier molecular flexibility index (Phi) is 4.96. The van der Waals surface area contributed by atoms with Crippen LogP contribution in [0, 0.1) is 13.8 Å². The highest BCUT2D eigenvalue weighted by Crippen LogP contribution is 2.30. The number of carbonyl (C=O) groups excluding carboxylic acids is 1. The average molecular weight is 394 g/mol. The second-order valence-corrected chi connectivity index (χ2v) is 7.97. The number of benzene rings is 1. The van der Waals surface area contributed by atoms with Crippen molar-refractivity contribution in [2.24, 2.45) is 0 Å². The molecule has 1 aliphatic rings. The molecule has 0 unspecified atom stereocenters. The fourth-order valence-corrected chi connectivity index (χ4v) is 4.03. The number of tetrazole rings is 1. The Morgan fingerprint density at radius 3 is 2.34 bits per heavy atom. The minimum Gasteiger partial charge on any atom is -0.459 e. The lowest BCUT2D eigenvalue weighted by Gasteiger charge is -2.43. The monoisotopic (exact) mass is 394 g/mol. The second-order valence-electron chi connectivity index (χ2n) is 7.97. The van der Waals surface area contributed by atoms with E-state index in [2.05, 4.69) is 60.3 Å². The van der Waals surface area contributed by atoms with Crippen molar-refractivity contribution in [3.05, 3.63) is 59.3 Å². The first kappa shape index (κ1) is 19.3. The Morgan fingerprint density at radius 1 is 1.03 bits per heavy atom. The SMILES string of the molecule is Cc1cccc(C)c1-n1nnnc1C(C)(C)N1CCN(C(=O)c2ccco2)CC1. The van der Waals surface area contributed by atoms with Crippen LogP contribution in [-0.2, 0) is 5.54 Å². The largest absolute Gasteiger partial charge is 0.459 e. The van der Waals surface area contributed by atoms with Crippen LogP contribution in [0.15, 0.2) is 41.0 Å². The third-order valence-corrected chi connectivity index (χ3v) is 5.76. The smallest absolute Gasteiger partial charge is 0.289 e. The van der Waals surface area contributed by atoms with E-state index in [4.69, 9.17) is 4.42 Å². The highest BCUT2D eigenvalue weighted by Gasteiger charge is 2.37. The van der Waals surface area contributed by atoms with Gasteiger partial charge in [0.2, 0.25) is 0 Å².